The van der Waals surface area contributed by atoms with Gasteiger partial charge in [0.25, 0.3) is 5.91 Å². The average Bonchev–Trinajstić information content (AvgIpc) is 3.23. The first-order valence-electron chi connectivity index (χ1n) is 9.69. The van der Waals surface area contributed by atoms with Crippen molar-refractivity contribution in [3.05, 3.63) is 59.3 Å². The molecule has 0 fully saturated rings. The molecule has 2 N–H and O–H groups in total. The number of rotatable bonds is 7. The number of primary amides is 1. The van der Waals surface area contributed by atoms with Gasteiger partial charge < -0.3 is 10.5 Å². The lowest BCUT2D eigenvalue weighted by atomic mass is 9.94. The summed E-state index contributed by atoms with van der Waals surface area (Å²) < 4.78 is 44.0. The van der Waals surface area contributed by atoms with Gasteiger partial charge in [-0.1, -0.05) is 9.24 Å². The molecular weight excluding hydrogens is 444 g/mol. The van der Waals surface area contributed by atoms with Gasteiger partial charge in [-0.25, -0.2) is 19.0 Å². The molecule has 168 valence electrons. The third-order valence-corrected chi connectivity index (χ3v) is 5.40. The Labute approximate surface area is 183 Å². The van der Waals surface area contributed by atoms with E-state index < -0.39 is 18.6 Å². The highest BCUT2D eigenvalue weighted by Crippen LogP contribution is 2.32. The van der Waals surface area contributed by atoms with Crippen molar-refractivity contribution >= 4 is 15.1 Å². The van der Waals surface area contributed by atoms with Crippen LogP contribution in [-0.4, -0.2) is 43.7 Å². The predicted octanol–water partition coefficient (Wildman–Crippen LogP) is 2.90. The van der Waals surface area contributed by atoms with Crippen LogP contribution in [0.4, 0.5) is 13.2 Å². The Bertz CT molecular complexity index is 1140. The molecule has 0 radical (unpaired) electrons. The fourth-order valence-corrected chi connectivity index (χ4v) is 3.85. The van der Waals surface area contributed by atoms with Crippen molar-refractivity contribution in [2.24, 2.45) is 5.73 Å². The lowest BCUT2D eigenvalue weighted by molar-refractivity contribution is -0.0529. The van der Waals surface area contributed by atoms with E-state index in [2.05, 4.69) is 24.7 Å². The third kappa shape index (κ3) is 4.89. The summed E-state index contributed by atoms with van der Waals surface area (Å²) in [5.41, 5.74) is 9.34. The molecule has 0 saturated carbocycles. The maximum absolute atomic E-state index is 13.6. The molecule has 1 amide bonds. The molecule has 0 aliphatic carbocycles. The zero-order valence-corrected chi connectivity index (χ0v) is 17.9. The number of pyridine rings is 2. The van der Waals surface area contributed by atoms with Crippen molar-refractivity contribution in [3.8, 4) is 17.0 Å². The maximum Gasteiger partial charge on any atom is 0.388 e. The molecule has 2 atom stereocenters. The molecule has 3 aromatic heterocycles. The molecule has 0 bridgehead atoms. The molecule has 1 aliphatic rings. The van der Waals surface area contributed by atoms with Crippen molar-refractivity contribution in [1.29, 1.82) is 0 Å². The van der Waals surface area contributed by atoms with E-state index in [1.165, 1.54) is 18.5 Å². The highest BCUT2D eigenvalue weighted by atomic mass is 31.0. The van der Waals surface area contributed by atoms with Crippen LogP contribution in [0.1, 0.15) is 33.3 Å². The Kier molecular flexibility index (Phi) is 6.38. The number of nitrogens with two attached hydrogens (primary N) is 1. The fraction of sp³-hybridized carbons (Fsp3) is 0.300. The fourth-order valence-electron chi connectivity index (χ4n) is 3.69. The van der Waals surface area contributed by atoms with Crippen molar-refractivity contribution < 1.29 is 22.7 Å². The molecule has 0 saturated heterocycles. The number of alkyl halides is 3. The Morgan fingerprint density at radius 3 is 2.81 bits per heavy atom. The highest BCUT2D eigenvalue weighted by molar-refractivity contribution is 7.16. The van der Waals surface area contributed by atoms with Crippen LogP contribution in [-0.2, 0) is 19.5 Å². The smallest absolute Gasteiger partial charge is 0.388 e. The molecular formula is C20H20F3N6O2P. The van der Waals surface area contributed by atoms with Crippen molar-refractivity contribution in [1.82, 2.24) is 24.6 Å². The van der Waals surface area contributed by atoms with Crippen LogP contribution >= 0.6 is 9.24 Å². The van der Waals surface area contributed by atoms with Crippen LogP contribution in [0, 0.1) is 0 Å². The number of amides is 1. The Morgan fingerprint density at radius 1 is 1.31 bits per heavy atom. The van der Waals surface area contributed by atoms with E-state index in [1.54, 1.807) is 18.3 Å². The van der Waals surface area contributed by atoms with E-state index in [0.29, 0.717) is 37.3 Å². The second-order valence-electron chi connectivity index (χ2n) is 7.27. The second-order valence-corrected chi connectivity index (χ2v) is 7.82. The van der Waals surface area contributed by atoms with E-state index in [9.17, 15) is 18.0 Å². The number of carbonyl (C=O) groups is 1. The third-order valence-electron chi connectivity index (χ3n) is 5.09. The van der Waals surface area contributed by atoms with Crippen LogP contribution in [0.5, 0.6) is 5.88 Å². The molecule has 0 aromatic carbocycles. The summed E-state index contributed by atoms with van der Waals surface area (Å²) in [7, 11) is 2.02. The summed E-state index contributed by atoms with van der Waals surface area (Å²) in [6.07, 6.45) is 5.12. The number of nitrogens with zero attached hydrogens (tertiary/aromatic N) is 5. The quantitative estimate of drug-likeness (QED) is 0.540. The van der Waals surface area contributed by atoms with Crippen molar-refractivity contribution in [2.45, 2.75) is 32.2 Å². The Hall–Kier alpha value is -3.04. The standard InChI is InChI=1S/C20H20F3N6O2P/c21-19(22)31-17-5-11(1-3-25-17)8-28-4-2-13-14(12-7-26-29(9-12)20(23)32)6-15(18(24)30)27-16(13)10-28/h1,3,5-7,9,19-20H,2,4,8,10,32H2,(H2,24,30). The minimum absolute atomic E-state index is 0.104. The summed E-state index contributed by atoms with van der Waals surface area (Å²) >= 11 is 0. The minimum atomic E-state index is -2.95. The van der Waals surface area contributed by atoms with Gasteiger partial charge in [0.1, 0.15) is 5.69 Å². The van der Waals surface area contributed by atoms with E-state index >= 15 is 0 Å². The zero-order chi connectivity index (χ0) is 22.8. The van der Waals surface area contributed by atoms with Gasteiger partial charge in [0.15, 0.2) is 0 Å². The number of hydrogen-bond acceptors (Lipinski definition) is 6. The predicted molar refractivity (Wildman–Crippen MR) is 113 cm³/mol. The van der Waals surface area contributed by atoms with Gasteiger partial charge in [-0.3, -0.25) is 9.69 Å². The van der Waals surface area contributed by atoms with Gasteiger partial charge in [0, 0.05) is 43.7 Å². The summed E-state index contributed by atoms with van der Waals surface area (Å²) in [6.45, 7) is -1.42. The van der Waals surface area contributed by atoms with Crippen molar-refractivity contribution in [2.75, 3.05) is 6.54 Å². The maximum atomic E-state index is 13.6. The zero-order valence-electron chi connectivity index (χ0n) is 16.8. The van der Waals surface area contributed by atoms with Crippen LogP contribution in [0.15, 0.2) is 36.8 Å². The lowest BCUT2D eigenvalue weighted by Crippen LogP contribution is -2.32. The Morgan fingerprint density at radius 2 is 2.12 bits per heavy atom. The molecule has 4 rings (SSSR count). The van der Waals surface area contributed by atoms with Crippen molar-refractivity contribution in [3.63, 3.8) is 0 Å². The van der Waals surface area contributed by atoms with E-state index in [-0.39, 0.29) is 11.6 Å². The first kappa shape index (κ1) is 22.2. The first-order valence-corrected chi connectivity index (χ1v) is 10.4. The van der Waals surface area contributed by atoms with Gasteiger partial charge >= 0.3 is 6.61 Å². The highest BCUT2D eigenvalue weighted by Gasteiger charge is 2.24. The van der Waals surface area contributed by atoms with Gasteiger partial charge in [-0.15, -0.1) is 0 Å². The topological polar surface area (TPSA) is 99.2 Å². The molecule has 1 aliphatic heterocycles. The molecule has 32 heavy (non-hydrogen) atoms. The van der Waals surface area contributed by atoms with E-state index in [1.807, 2.05) is 9.24 Å². The largest absolute Gasteiger partial charge is 0.417 e. The molecule has 0 spiro atoms. The van der Waals surface area contributed by atoms with Gasteiger partial charge in [-0.2, -0.15) is 13.9 Å². The normalized spacial score (nSPS) is 14.9. The first-order chi connectivity index (χ1) is 15.3. The summed E-state index contributed by atoms with van der Waals surface area (Å²) in [5, 5.41) is 4.02. The second kappa shape index (κ2) is 9.22. The molecule has 8 nitrogen and oxygen atoms in total. The number of halogens is 3. The number of fused-ring (bicyclic) bond motifs is 1. The molecule has 3 aromatic rings. The van der Waals surface area contributed by atoms with Crippen LogP contribution in [0.3, 0.4) is 0 Å². The Balaban J connectivity index is 1.61. The molecule has 12 heteroatoms. The van der Waals surface area contributed by atoms with Crippen LogP contribution in [0.2, 0.25) is 0 Å². The van der Waals surface area contributed by atoms with Crippen LogP contribution in [0.25, 0.3) is 11.1 Å². The summed E-state index contributed by atoms with van der Waals surface area (Å²) in [4.78, 5) is 22.1. The number of hydrogen-bond donors (Lipinski definition) is 1. The number of ether oxygens (including phenoxy) is 1. The number of carbonyl (C=O) groups excluding carboxylic acids is 1. The van der Waals surface area contributed by atoms with Gasteiger partial charge in [0.2, 0.25) is 11.9 Å². The lowest BCUT2D eigenvalue weighted by Gasteiger charge is -2.29. The monoisotopic (exact) mass is 464 g/mol. The van der Waals surface area contributed by atoms with E-state index in [0.717, 1.165) is 21.4 Å². The van der Waals surface area contributed by atoms with E-state index in [4.69, 9.17) is 5.73 Å². The van der Waals surface area contributed by atoms with Crippen LogP contribution < -0.4 is 10.5 Å². The van der Waals surface area contributed by atoms with Gasteiger partial charge in [0.05, 0.1) is 11.9 Å². The average molecular weight is 464 g/mol. The summed E-state index contributed by atoms with van der Waals surface area (Å²) in [6, 6.07) is 3.42. The SMILES string of the molecule is NC(=O)c1cc(-c2cnn(C(F)P)c2)c2c(n1)CN(Cc1ccnc(OC(F)F)c1)CC2. The number of aromatic nitrogens is 4. The minimum Gasteiger partial charge on any atom is -0.417 e. The van der Waals surface area contributed by atoms with Gasteiger partial charge in [-0.05, 0) is 35.2 Å². The molecule has 4 heterocycles. The molecule has 2 unspecified atom stereocenters. The summed E-state index contributed by atoms with van der Waals surface area (Å²) in [5.74, 6) is -0.820.